The maximum absolute atomic E-state index is 12.7. The summed E-state index contributed by atoms with van der Waals surface area (Å²) in [5.41, 5.74) is 1.13. The molecule has 2 heterocycles. The van der Waals surface area contributed by atoms with Gasteiger partial charge in [0.05, 0.1) is 28.0 Å². The molecule has 1 amide bonds. The molecule has 0 radical (unpaired) electrons. The summed E-state index contributed by atoms with van der Waals surface area (Å²) < 4.78 is 7.53. The van der Waals surface area contributed by atoms with Crippen LogP contribution in [-0.2, 0) is 0 Å². The van der Waals surface area contributed by atoms with Crippen LogP contribution in [0.5, 0.6) is 5.75 Å². The van der Waals surface area contributed by atoms with Crippen molar-refractivity contribution in [3.63, 3.8) is 0 Å². The molecule has 4 aromatic rings. The summed E-state index contributed by atoms with van der Waals surface area (Å²) in [5.74, 6) is 0.0590. The first-order chi connectivity index (χ1) is 14.0. The molecule has 7 nitrogen and oxygen atoms in total. The number of nitrogens with zero attached hydrogens (tertiary/aromatic N) is 3. The fourth-order valence-electron chi connectivity index (χ4n) is 2.81. The van der Waals surface area contributed by atoms with E-state index < -0.39 is 11.3 Å². The standard InChI is InChI=1S/C20H15ClN4O3S/c1-11-9-16(26)18(24-25(11)15-6-4-3-5-13(15)21)19(27)23-20-22-14-8-7-12(28-2)10-17(14)29-20/h3-10H,1-2H3,(H,22,23,27). The molecular formula is C20H15ClN4O3S. The Kier molecular flexibility index (Phi) is 5.04. The van der Waals surface area contributed by atoms with Gasteiger partial charge in [-0.3, -0.25) is 14.9 Å². The number of para-hydroxylation sites is 1. The predicted molar refractivity (Wildman–Crippen MR) is 114 cm³/mol. The molecule has 146 valence electrons. The summed E-state index contributed by atoms with van der Waals surface area (Å²) in [5, 5.41) is 7.72. The summed E-state index contributed by atoms with van der Waals surface area (Å²) in [7, 11) is 1.58. The molecule has 0 atom stereocenters. The molecule has 1 N–H and O–H groups in total. The number of aromatic nitrogens is 3. The smallest absolute Gasteiger partial charge is 0.281 e. The van der Waals surface area contributed by atoms with Crippen molar-refractivity contribution in [1.29, 1.82) is 0 Å². The Morgan fingerprint density at radius 3 is 2.76 bits per heavy atom. The summed E-state index contributed by atoms with van der Waals surface area (Å²) in [6.07, 6.45) is 0. The minimum Gasteiger partial charge on any atom is -0.497 e. The first-order valence-corrected chi connectivity index (χ1v) is 9.77. The molecule has 4 rings (SSSR count). The molecule has 0 aliphatic heterocycles. The van der Waals surface area contributed by atoms with E-state index in [9.17, 15) is 9.59 Å². The van der Waals surface area contributed by atoms with Gasteiger partial charge in [0.25, 0.3) is 5.91 Å². The minimum absolute atomic E-state index is 0.243. The Balaban J connectivity index is 1.69. The number of ether oxygens (including phenoxy) is 1. The minimum atomic E-state index is -0.637. The Labute approximate surface area is 174 Å². The van der Waals surface area contributed by atoms with E-state index in [1.807, 2.05) is 6.07 Å². The number of fused-ring (bicyclic) bond motifs is 1. The van der Waals surface area contributed by atoms with Gasteiger partial charge in [0.1, 0.15) is 5.75 Å². The van der Waals surface area contributed by atoms with E-state index in [1.54, 1.807) is 50.4 Å². The van der Waals surface area contributed by atoms with Crippen LogP contribution in [0.25, 0.3) is 15.9 Å². The fourth-order valence-corrected chi connectivity index (χ4v) is 3.92. The van der Waals surface area contributed by atoms with E-state index in [1.165, 1.54) is 22.1 Å². The highest BCUT2D eigenvalue weighted by Gasteiger charge is 2.18. The van der Waals surface area contributed by atoms with E-state index in [2.05, 4.69) is 15.4 Å². The maximum atomic E-state index is 12.7. The van der Waals surface area contributed by atoms with Crippen LogP contribution in [0.4, 0.5) is 5.13 Å². The summed E-state index contributed by atoms with van der Waals surface area (Å²) >= 11 is 7.53. The van der Waals surface area contributed by atoms with Crippen molar-refractivity contribution >= 4 is 44.2 Å². The first-order valence-electron chi connectivity index (χ1n) is 8.58. The second-order valence-corrected chi connectivity index (χ2v) is 7.61. The van der Waals surface area contributed by atoms with Crippen LogP contribution in [0, 0.1) is 6.92 Å². The number of nitrogens with one attached hydrogen (secondary N) is 1. The monoisotopic (exact) mass is 426 g/mol. The quantitative estimate of drug-likeness (QED) is 0.531. The van der Waals surface area contributed by atoms with Crippen LogP contribution in [0.2, 0.25) is 5.02 Å². The van der Waals surface area contributed by atoms with E-state index in [0.717, 1.165) is 10.2 Å². The number of anilines is 1. The SMILES string of the molecule is COc1ccc2nc(NC(=O)c3nn(-c4ccccc4Cl)c(C)cc3=O)sc2c1. The largest absolute Gasteiger partial charge is 0.497 e. The lowest BCUT2D eigenvalue weighted by atomic mass is 10.2. The van der Waals surface area contributed by atoms with Crippen molar-refractivity contribution in [3.05, 3.63) is 75.2 Å². The maximum Gasteiger partial charge on any atom is 0.281 e. The Bertz CT molecular complexity index is 1300. The number of benzene rings is 2. The molecule has 0 spiro atoms. The van der Waals surface area contributed by atoms with Crippen LogP contribution < -0.4 is 15.5 Å². The van der Waals surface area contributed by atoms with E-state index >= 15 is 0 Å². The van der Waals surface area contributed by atoms with Crippen LogP contribution in [0.1, 0.15) is 16.2 Å². The highest BCUT2D eigenvalue weighted by Crippen LogP contribution is 2.29. The zero-order valence-electron chi connectivity index (χ0n) is 15.5. The van der Waals surface area contributed by atoms with Crippen LogP contribution in [0.3, 0.4) is 0 Å². The number of amides is 1. The highest BCUT2D eigenvalue weighted by molar-refractivity contribution is 7.22. The van der Waals surface area contributed by atoms with Crippen LogP contribution >= 0.6 is 22.9 Å². The average molecular weight is 427 g/mol. The first kappa shape index (κ1) is 19.1. The van der Waals surface area contributed by atoms with E-state index in [0.29, 0.717) is 27.3 Å². The van der Waals surface area contributed by atoms with Crippen molar-refractivity contribution in [2.24, 2.45) is 0 Å². The summed E-state index contributed by atoms with van der Waals surface area (Å²) in [4.78, 5) is 29.5. The van der Waals surface area contributed by atoms with Crippen molar-refractivity contribution in [1.82, 2.24) is 14.8 Å². The number of hydrogen-bond donors (Lipinski definition) is 1. The van der Waals surface area contributed by atoms with Gasteiger partial charge < -0.3 is 4.74 Å². The van der Waals surface area contributed by atoms with Gasteiger partial charge in [0.15, 0.2) is 10.8 Å². The third-order valence-electron chi connectivity index (χ3n) is 4.22. The molecule has 0 unspecified atom stereocenters. The average Bonchev–Trinajstić information content (AvgIpc) is 3.10. The van der Waals surface area contributed by atoms with Gasteiger partial charge in [0.2, 0.25) is 5.43 Å². The number of carbonyl (C=O) groups excluding carboxylic acids is 1. The second kappa shape index (κ2) is 7.65. The number of halogens is 1. The van der Waals surface area contributed by atoms with Crippen LogP contribution in [0.15, 0.2) is 53.3 Å². The van der Waals surface area contributed by atoms with Gasteiger partial charge in [-0.1, -0.05) is 35.1 Å². The van der Waals surface area contributed by atoms with Gasteiger partial charge in [-0.05, 0) is 37.3 Å². The molecule has 9 heteroatoms. The lowest BCUT2D eigenvalue weighted by molar-refractivity contribution is 0.101. The van der Waals surface area contributed by atoms with Crippen molar-refractivity contribution in [3.8, 4) is 11.4 Å². The zero-order valence-corrected chi connectivity index (χ0v) is 17.0. The van der Waals surface area contributed by atoms with Crippen LogP contribution in [-0.4, -0.2) is 27.8 Å². The zero-order chi connectivity index (χ0) is 20.5. The third kappa shape index (κ3) is 3.72. The number of rotatable bonds is 4. The fraction of sp³-hybridized carbons (Fsp3) is 0.100. The molecule has 0 fully saturated rings. The second-order valence-electron chi connectivity index (χ2n) is 6.17. The number of methoxy groups -OCH3 is 1. The van der Waals surface area contributed by atoms with Gasteiger partial charge in [-0.25, -0.2) is 9.67 Å². The van der Waals surface area contributed by atoms with Crippen molar-refractivity contribution in [2.45, 2.75) is 6.92 Å². The molecular weight excluding hydrogens is 412 g/mol. The van der Waals surface area contributed by atoms with Crippen molar-refractivity contribution in [2.75, 3.05) is 12.4 Å². The third-order valence-corrected chi connectivity index (χ3v) is 5.47. The van der Waals surface area contributed by atoms with E-state index in [-0.39, 0.29) is 5.69 Å². The molecule has 2 aromatic carbocycles. The molecule has 2 aromatic heterocycles. The topological polar surface area (TPSA) is 86.1 Å². The Hall–Kier alpha value is -3.23. The lowest BCUT2D eigenvalue weighted by Crippen LogP contribution is -2.26. The Morgan fingerprint density at radius 2 is 2.00 bits per heavy atom. The van der Waals surface area contributed by atoms with Gasteiger partial charge in [-0.2, -0.15) is 5.10 Å². The number of thiazole rings is 1. The molecule has 0 saturated heterocycles. The van der Waals surface area contributed by atoms with Crippen molar-refractivity contribution < 1.29 is 9.53 Å². The molecule has 0 aliphatic carbocycles. The summed E-state index contributed by atoms with van der Waals surface area (Å²) in [6, 6.07) is 13.8. The van der Waals surface area contributed by atoms with Gasteiger partial charge in [-0.15, -0.1) is 0 Å². The molecule has 0 bridgehead atoms. The molecule has 0 saturated carbocycles. The highest BCUT2D eigenvalue weighted by atomic mass is 35.5. The summed E-state index contributed by atoms with van der Waals surface area (Å²) in [6.45, 7) is 1.72. The normalized spacial score (nSPS) is 10.9. The lowest BCUT2D eigenvalue weighted by Gasteiger charge is -2.12. The number of hydrogen-bond acceptors (Lipinski definition) is 6. The predicted octanol–water partition coefficient (Wildman–Crippen LogP) is 4.06. The van der Waals surface area contributed by atoms with E-state index in [4.69, 9.17) is 16.3 Å². The number of aryl methyl sites for hydroxylation is 1. The Morgan fingerprint density at radius 1 is 1.21 bits per heavy atom. The molecule has 0 aliphatic rings. The molecule has 29 heavy (non-hydrogen) atoms. The van der Waals surface area contributed by atoms with Gasteiger partial charge in [0, 0.05) is 11.8 Å². The number of carbonyl (C=O) groups is 1. The van der Waals surface area contributed by atoms with Gasteiger partial charge >= 0.3 is 0 Å².